The van der Waals surface area contributed by atoms with Crippen LogP contribution in [0.15, 0.2) is 0 Å². The van der Waals surface area contributed by atoms with E-state index in [2.05, 4.69) is 34.6 Å². The van der Waals surface area contributed by atoms with Gasteiger partial charge in [0.05, 0.1) is 6.04 Å². The first kappa shape index (κ1) is 12.3. The van der Waals surface area contributed by atoms with Crippen LogP contribution in [0.5, 0.6) is 0 Å². The molecule has 1 atom stereocenters. The first-order chi connectivity index (χ1) is 6.91. The maximum absolute atomic E-state index is 12.2. The lowest BCUT2D eigenvalue weighted by Gasteiger charge is -2.31. The monoisotopic (exact) mass is 212 g/mol. The van der Waals surface area contributed by atoms with Crippen LogP contribution < -0.4 is 0 Å². The van der Waals surface area contributed by atoms with E-state index < -0.39 is 0 Å². The summed E-state index contributed by atoms with van der Waals surface area (Å²) in [4.78, 5) is 16.2. The van der Waals surface area contributed by atoms with Crippen molar-refractivity contribution in [3.63, 3.8) is 0 Å². The largest absolute Gasteiger partial charge is 0.320 e. The van der Waals surface area contributed by atoms with Crippen molar-refractivity contribution < 1.29 is 4.79 Å². The van der Waals surface area contributed by atoms with Crippen molar-refractivity contribution in [1.82, 2.24) is 9.80 Å². The Morgan fingerprint density at radius 2 is 1.93 bits per heavy atom. The van der Waals surface area contributed by atoms with Crippen LogP contribution in [0.1, 0.15) is 47.5 Å². The van der Waals surface area contributed by atoms with Crippen LogP contribution in [0, 0.1) is 0 Å². The summed E-state index contributed by atoms with van der Waals surface area (Å²) in [5.41, 5.74) is -0.0486. The van der Waals surface area contributed by atoms with E-state index in [0.717, 1.165) is 25.9 Å². The van der Waals surface area contributed by atoms with Crippen LogP contribution in [0.3, 0.4) is 0 Å². The molecule has 1 unspecified atom stereocenters. The Labute approximate surface area is 93.4 Å². The summed E-state index contributed by atoms with van der Waals surface area (Å²) in [5.74, 6) is 0. The molecule has 0 aromatic heterocycles. The van der Waals surface area contributed by atoms with E-state index in [0.29, 0.717) is 6.04 Å². The smallest absolute Gasteiger partial charge is 0.320 e. The summed E-state index contributed by atoms with van der Waals surface area (Å²) in [6.45, 7) is 12.4. The number of amides is 2. The third-order valence-electron chi connectivity index (χ3n) is 3.06. The van der Waals surface area contributed by atoms with Crippen molar-refractivity contribution in [1.29, 1.82) is 0 Å². The highest BCUT2D eigenvalue weighted by Crippen LogP contribution is 2.25. The lowest BCUT2D eigenvalue weighted by atomic mass is 10.1. The van der Waals surface area contributed by atoms with Crippen LogP contribution >= 0.6 is 0 Å². The summed E-state index contributed by atoms with van der Waals surface area (Å²) in [6.07, 6.45) is 2.10. The zero-order valence-electron chi connectivity index (χ0n) is 10.7. The number of rotatable bonds is 3. The van der Waals surface area contributed by atoms with E-state index >= 15 is 0 Å². The fraction of sp³-hybridized carbons (Fsp3) is 0.917. The van der Waals surface area contributed by atoms with Gasteiger partial charge in [-0.1, -0.05) is 13.8 Å². The molecule has 0 saturated carbocycles. The fourth-order valence-electron chi connectivity index (χ4n) is 2.13. The Kier molecular flexibility index (Phi) is 3.63. The highest BCUT2D eigenvalue weighted by atomic mass is 16.2. The van der Waals surface area contributed by atoms with E-state index in [9.17, 15) is 4.79 Å². The normalized spacial score (nSPS) is 22.7. The molecular weight excluding hydrogens is 188 g/mol. The first-order valence-electron chi connectivity index (χ1n) is 6.00. The third-order valence-corrected chi connectivity index (χ3v) is 3.06. The molecule has 1 fully saturated rings. The van der Waals surface area contributed by atoms with Gasteiger partial charge in [0, 0.05) is 18.6 Å². The molecule has 0 spiro atoms. The molecule has 0 aromatic rings. The van der Waals surface area contributed by atoms with Crippen LogP contribution in [-0.2, 0) is 0 Å². The maximum atomic E-state index is 12.2. The van der Waals surface area contributed by atoms with Crippen molar-refractivity contribution in [2.24, 2.45) is 0 Å². The van der Waals surface area contributed by atoms with Gasteiger partial charge in [0.1, 0.15) is 0 Å². The Morgan fingerprint density at radius 3 is 2.33 bits per heavy atom. The minimum Gasteiger partial charge on any atom is -0.320 e. The lowest BCUT2D eigenvalue weighted by Crippen LogP contribution is -2.44. The van der Waals surface area contributed by atoms with Gasteiger partial charge in [-0.2, -0.15) is 0 Å². The van der Waals surface area contributed by atoms with Gasteiger partial charge in [-0.25, -0.2) is 4.79 Å². The second kappa shape index (κ2) is 4.42. The summed E-state index contributed by atoms with van der Waals surface area (Å²) in [5, 5.41) is 0. The van der Waals surface area contributed by atoms with Gasteiger partial charge in [-0.05, 0) is 33.6 Å². The van der Waals surface area contributed by atoms with Gasteiger partial charge in [-0.3, -0.25) is 0 Å². The quantitative estimate of drug-likeness (QED) is 0.705. The molecule has 0 N–H and O–H groups in total. The molecule has 0 aliphatic carbocycles. The predicted octanol–water partition coefficient (Wildman–Crippen LogP) is 2.71. The maximum Gasteiger partial charge on any atom is 0.320 e. The Balaban J connectivity index is 2.79. The third kappa shape index (κ3) is 2.44. The van der Waals surface area contributed by atoms with Crippen LogP contribution in [0.25, 0.3) is 0 Å². The SMILES string of the molecule is CCCN1C(=O)N(C(C)(C)C)CC1CC. The molecular formula is C12H24N2O. The number of hydrogen-bond acceptors (Lipinski definition) is 1. The van der Waals surface area contributed by atoms with E-state index in [4.69, 9.17) is 0 Å². The minimum atomic E-state index is -0.0486. The molecule has 1 heterocycles. The Hall–Kier alpha value is -0.730. The van der Waals surface area contributed by atoms with E-state index in [1.807, 2.05) is 9.80 Å². The number of carbonyl (C=O) groups is 1. The lowest BCUT2D eigenvalue weighted by molar-refractivity contribution is 0.155. The van der Waals surface area contributed by atoms with Crippen LogP contribution in [-0.4, -0.2) is 40.5 Å². The highest BCUT2D eigenvalue weighted by Gasteiger charge is 2.40. The average molecular weight is 212 g/mol. The summed E-state index contributed by atoms with van der Waals surface area (Å²) >= 11 is 0. The van der Waals surface area contributed by atoms with Crippen molar-refractivity contribution >= 4 is 6.03 Å². The van der Waals surface area contributed by atoms with Crippen LogP contribution in [0.4, 0.5) is 4.79 Å². The summed E-state index contributed by atoms with van der Waals surface area (Å²) in [7, 11) is 0. The average Bonchev–Trinajstić information content (AvgIpc) is 2.44. The molecule has 1 aliphatic rings. The van der Waals surface area contributed by atoms with Gasteiger partial charge in [0.15, 0.2) is 0 Å². The molecule has 2 amide bonds. The molecule has 1 aliphatic heterocycles. The number of nitrogens with zero attached hydrogens (tertiary/aromatic N) is 2. The number of urea groups is 1. The molecule has 15 heavy (non-hydrogen) atoms. The molecule has 1 rings (SSSR count). The van der Waals surface area contributed by atoms with Crippen molar-refractivity contribution in [2.45, 2.75) is 59.0 Å². The number of hydrogen-bond donors (Lipinski definition) is 0. The fourth-order valence-corrected chi connectivity index (χ4v) is 2.13. The minimum absolute atomic E-state index is 0.0486. The molecule has 0 radical (unpaired) electrons. The first-order valence-corrected chi connectivity index (χ1v) is 6.00. The topological polar surface area (TPSA) is 23.6 Å². The standard InChI is InChI=1S/C12H24N2O/c1-6-8-13-10(7-2)9-14(11(13)15)12(3,4)5/h10H,6-9H2,1-5H3. The van der Waals surface area contributed by atoms with Crippen molar-refractivity contribution in [3.8, 4) is 0 Å². The predicted molar refractivity (Wildman–Crippen MR) is 62.9 cm³/mol. The zero-order valence-corrected chi connectivity index (χ0v) is 10.7. The molecule has 0 aromatic carbocycles. The Bertz CT molecular complexity index is 232. The van der Waals surface area contributed by atoms with E-state index in [-0.39, 0.29) is 11.6 Å². The highest BCUT2D eigenvalue weighted by molar-refractivity contribution is 5.78. The van der Waals surface area contributed by atoms with Gasteiger partial charge < -0.3 is 9.80 Å². The molecule has 3 heteroatoms. The van der Waals surface area contributed by atoms with Gasteiger partial charge >= 0.3 is 6.03 Å². The van der Waals surface area contributed by atoms with E-state index in [1.165, 1.54) is 0 Å². The van der Waals surface area contributed by atoms with Crippen LogP contribution in [0.2, 0.25) is 0 Å². The van der Waals surface area contributed by atoms with Crippen molar-refractivity contribution in [2.75, 3.05) is 13.1 Å². The second-order valence-corrected chi connectivity index (χ2v) is 5.32. The second-order valence-electron chi connectivity index (χ2n) is 5.32. The summed E-state index contributed by atoms with van der Waals surface area (Å²) in [6, 6.07) is 0.632. The van der Waals surface area contributed by atoms with Gasteiger partial charge in [0.25, 0.3) is 0 Å². The van der Waals surface area contributed by atoms with Crippen molar-refractivity contribution in [3.05, 3.63) is 0 Å². The molecule has 1 saturated heterocycles. The summed E-state index contributed by atoms with van der Waals surface area (Å²) < 4.78 is 0. The van der Waals surface area contributed by atoms with E-state index in [1.54, 1.807) is 0 Å². The number of carbonyl (C=O) groups excluding carboxylic acids is 1. The molecule has 88 valence electrons. The Morgan fingerprint density at radius 1 is 1.33 bits per heavy atom. The van der Waals surface area contributed by atoms with Gasteiger partial charge in [0.2, 0.25) is 0 Å². The molecule has 3 nitrogen and oxygen atoms in total. The zero-order chi connectivity index (χ0) is 11.6. The van der Waals surface area contributed by atoms with Gasteiger partial charge in [-0.15, -0.1) is 0 Å². The molecule has 0 bridgehead atoms.